The van der Waals surface area contributed by atoms with Crippen LogP contribution < -0.4 is 10.1 Å². The molecule has 1 aliphatic heterocycles. The van der Waals surface area contributed by atoms with Crippen molar-refractivity contribution in [2.24, 2.45) is 0 Å². The molecule has 0 spiro atoms. The molecular weight excluding hydrogens is 650 g/mol. The van der Waals surface area contributed by atoms with Gasteiger partial charge in [0, 0.05) is 6.42 Å². The van der Waals surface area contributed by atoms with Gasteiger partial charge < -0.3 is 23.7 Å². The third-order valence-electron chi connectivity index (χ3n) is 7.36. The Labute approximate surface area is 269 Å². The summed E-state index contributed by atoms with van der Waals surface area (Å²) in [5, 5.41) is 18.3. The lowest BCUT2D eigenvalue weighted by molar-refractivity contribution is -0.295. The van der Waals surface area contributed by atoms with Crippen molar-refractivity contribution in [1.29, 1.82) is 0 Å². The summed E-state index contributed by atoms with van der Waals surface area (Å²) >= 11 is 0. The Morgan fingerprint density at radius 1 is 0.979 bits per heavy atom. The van der Waals surface area contributed by atoms with Crippen molar-refractivity contribution < 1.29 is 54.9 Å². The van der Waals surface area contributed by atoms with Gasteiger partial charge in [-0.05, 0) is 30.5 Å². The monoisotopic (exact) mass is 678 g/mol. The van der Waals surface area contributed by atoms with E-state index in [1.54, 1.807) is 66.0 Å². The van der Waals surface area contributed by atoms with E-state index >= 15 is 13.2 Å². The Morgan fingerprint density at radius 3 is 2.23 bits per heavy atom. The molecule has 48 heavy (non-hydrogen) atoms. The fourth-order valence-electron chi connectivity index (χ4n) is 4.86. The number of halogens is 6. The molecule has 10 nitrogen and oxygen atoms in total. The molecule has 2 aromatic heterocycles. The van der Waals surface area contributed by atoms with Crippen LogP contribution in [0.1, 0.15) is 42.3 Å². The number of benzene rings is 2. The Morgan fingerprint density at radius 2 is 1.62 bits per heavy atom. The minimum absolute atomic E-state index is 0.00739. The van der Waals surface area contributed by atoms with Crippen molar-refractivity contribution in [2.45, 2.75) is 63.1 Å². The van der Waals surface area contributed by atoms with E-state index < -0.39 is 83.9 Å². The summed E-state index contributed by atoms with van der Waals surface area (Å²) in [5.74, 6) is -2.93. The molecule has 0 saturated heterocycles. The molecule has 0 aliphatic carbocycles. The first-order valence-corrected chi connectivity index (χ1v) is 14.4. The fraction of sp³-hybridized carbons (Fsp3) is 0.312. The molecule has 1 amide bonds. The minimum atomic E-state index is -5.16. The summed E-state index contributed by atoms with van der Waals surface area (Å²) in [7, 11) is 0. The normalized spacial score (nSPS) is 20.1. The average Bonchev–Trinajstić information content (AvgIpc) is 3.52. The zero-order valence-corrected chi connectivity index (χ0v) is 25.1. The van der Waals surface area contributed by atoms with E-state index in [4.69, 9.17) is 18.6 Å². The summed E-state index contributed by atoms with van der Waals surface area (Å²) in [6.07, 6.45) is -12.6. The molecule has 1 aliphatic rings. The van der Waals surface area contributed by atoms with Crippen LogP contribution in [0.3, 0.4) is 0 Å². The number of alkyl halides is 6. The van der Waals surface area contributed by atoms with E-state index in [1.165, 1.54) is 19.1 Å². The summed E-state index contributed by atoms with van der Waals surface area (Å²) in [6, 6.07) is 17.2. The van der Waals surface area contributed by atoms with Crippen molar-refractivity contribution >= 4 is 11.8 Å². The second-order valence-electron chi connectivity index (χ2n) is 10.7. The number of anilines is 1. The number of nitrogens with zero attached hydrogens (tertiary/aromatic N) is 3. The zero-order valence-electron chi connectivity index (χ0n) is 25.1. The van der Waals surface area contributed by atoms with E-state index in [0.29, 0.717) is 11.6 Å². The number of nitrogens with one attached hydrogen (secondary N) is 1. The lowest BCUT2D eigenvalue weighted by Gasteiger charge is -2.32. The lowest BCUT2D eigenvalue weighted by Crippen LogP contribution is -2.45. The van der Waals surface area contributed by atoms with Gasteiger partial charge in [-0.15, -0.1) is 10.2 Å². The van der Waals surface area contributed by atoms with Crippen molar-refractivity contribution in [3.05, 3.63) is 101 Å². The lowest BCUT2D eigenvalue weighted by atomic mass is 9.97. The third kappa shape index (κ3) is 7.77. The van der Waals surface area contributed by atoms with Gasteiger partial charge in [0.25, 0.3) is 11.8 Å². The predicted molar refractivity (Wildman–Crippen MR) is 157 cm³/mol. The van der Waals surface area contributed by atoms with Crippen molar-refractivity contribution in [1.82, 2.24) is 15.2 Å². The van der Waals surface area contributed by atoms with Gasteiger partial charge in [0.1, 0.15) is 11.7 Å². The number of carboxylic acid groups (broad SMARTS) is 1. The van der Waals surface area contributed by atoms with Crippen molar-refractivity contribution in [3.63, 3.8) is 0 Å². The predicted octanol–water partition coefficient (Wildman–Crippen LogP) is 7.92. The molecule has 3 atom stereocenters. The summed E-state index contributed by atoms with van der Waals surface area (Å²) < 4.78 is 111. The topological polar surface area (TPSA) is 129 Å². The molecule has 254 valence electrons. The van der Waals surface area contributed by atoms with Gasteiger partial charge in [0.15, 0.2) is 5.69 Å². The second kappa shape index (κ2) is 14.0. The molecule has 0 saturated carbocycles. The van der Waals surface area contributed by atoms with E-state index in [0.717, 1.165) is 5.56 Å². The highest BCUT2D eigenvalue weighted by molar-refractivity contribution is 5.88. The summed E-state index contributed by atoms with van der Waals surface area (Å²) in [4.78, 5) is 15.4. The Bertz CT molecular complexity index is 1730. The van der Waals surface area contributed by atoms with Gasteiger partial charge >= 0.3 is 18.4 Å². The molecule has 1 unspecified atom stereocenters. The maximum Gasteiger partial charge on any atom is 0.426 e. The molecule has 4 bridgehead atoms. The van der Waals surface area contributed by atoms with Crippen LogP contribution in [0.4, 0.5) is 36.8 Å². The molecule has 0 fully saturated rings. The van der Waals surface area contributed by atoms with E-state index in [2.05, 4.69) is 15.2 Å². The number of ether oxygens (including phenoxy) is 3. The van der Waals surface area contributed by atoms with Crippen LogP contribution in [-0.4, -0.2) is 44.8 Å². The standard InChI is InChI=1S/C32H28F6N4O6/c1-19-24(45-17-20-10-4-2-5-11-20)14-8-9-15-30(32(36,37)38,46-18-21-12-6-3-7-13-21)28-42-41-27(48-28)25-23(39-29(43)44)16-22(31(33,34)35)26(40-25)47-19/h2-13,16,19,24,39H,14-15,17-18H2,1H3,(H,43,44)/t19-,24?,30-/m1/s1. The van der Waals surface area contributed by atoms with Gasteiger partial charge in [-0.2, -0.15) is 26.3 Å². The Kier molecular flexibility index (Phi) is 10.0. The number of hydrogen-bond acceptors (Lipinski definition) is 8. The van der Waals surface area contributed by atoms with Gasteiger partial charge in [0.05, 0.1) is 25.0 Å². The Hall–Kier alpha value is -4.96. The first kappa shape index (κ1) is 34.4. The largest absolute Gasteiger partial charge is 0.471 e. The molecule has 3 heterocycles. The first-order valence-electron chi connectivity index (χ1n) is 14.4. The number of aromatic nitrogens is 3. The summed E-state index contributed by atoms with van der Waals surface area (Å²) in [5.41, 5.74) is -5.08. The number of rotatable bonds is 7. The van der Waals surface area contributed by atoms with Crippen LogP contribution in [0.25, 0.3) is 11.6 Å². The highest BCUT2D eigenvalue weighted by atomic mass is 19.4. The minimum Gasteiger partial charge on any atom is -0.471 e. The smallest absolute Gasteiger partial charge is 0.426 e. The number of pyridine rings is 1. The van der Waals surface area contributed by atoms with E-state index in [9.17, 15) is 23.1 Å². The van der Waals surface area contributed by atoms with Crippen molar-refractivity contribution in [2.75, 3.05) is 5.32 Å². The van der Waals surface area contributed by atoms with Crippen molar-refractivity contribution in [3.8, 4) is 17.5 Å². The quantitative estimate of drug-likeness (QED) is 0.148. The van der Waals surface area contributed by atoms with Crippen LogP contribution in [0, 0.1) is 0 Å². The summed E-state index contributed by atoms with van der Waals surface area (Å²) in [6.45, 7) is 0.885. The second-order valence-corrected chi connectivity index (χ2v) is 10.7. The molecule has 2 N–H and O–H groups in total. The van der Waals surface area contributed by atoms with E-state index in [1.807, 2.05) is 0 Å². The Balaban J connectivity index is 1.66. The molecular formula is C32H28F6N4O6. The SMILES string of the molecule is C[C@H]1Oc2nc(c(NC(=O)O)cc2C(F)(F)F)-c2nnc(o2)[C@@](OCc2ccccc2)(C(F)(F)F)CC=CCC1OCc1ccccc1. The molecule has 5 rings (SSSR count). The van der Waals surface area contributed by atoms with Gasteiger partial charge in [0.2, 0.25) is 11.5 Å². The van der Waals surface area contributed by atoms with Crippen LogP contribution >= 0.6 is 0 Å². The highest BCUT2D eigenvalue weighted by Crippen LogP contribution is 2.47. The van der Waals surface area contributed by atoms with Crippen LogP contribution in [0.2, 0.25) is 0 Å². The zero-order chi connectivity index (χ0) is 34.5. The van der Waals surface area contributed by atoms with Crippen LogP contribution in [0.15, 0.2) is 83.3 Å². The van der Waals surface area contributed by atoms with Gasteiger partial charge in [-0.1, -0.05) is 72.8 Å². The number of fused-ring (bicyclic) bond motifs is 5. The maximum absolute atomic E-state index is 15.1. The van der Waals surface area contributed by atoms with E-state index in [-0.39, 0.29) is 13.0 Å². The molecule has 0 radical (unpaired) electrons. The molecule has 4 aromatic rings. The number of carbonyl (C=O) groups is 1. The average molecular weight is 679 g/mol. The van der Waals surface area contributed by atoms with Crippen LogP contribution in [0.5, 0.6) is 5.88 Å². The van der Waals surface area contributed by atoms with Crippen LogP contribution in [-0.2, 0) is 34.5 Å². The third-order valence-corrected chi connectivity index (χ3v) is 7.36. The molecule has 2 aromatic carbocycles. The fourth-order valence-corrected chi connectivity index (χ4v) is 4.86. The number of hydrogen-bond donors (Lipinski definition) is 2. The maximum atomic E-state index is 15.1. The highest BCUT2D eigenvalue weighted by Gasteiger charge is 2.61. The molecule has 16 heteroatoms. The van der Waals surface area contributed by atoms with Gasteiger partial charge in [-0.3, -0.25) is 5.32 Å². The first-order chi connectivity index (χ1) is 22.8. The number of amides is 1. The van der Waals surface area contributed by atoms with Gasteiger partial charge in [-0.25, -0.2) is 9.78 Å².